The van der Waals surface area contributed by atoms with E-state index < -0.39 is 39.3 Å². The van der Waals surface area contributed by atoms with Gasteiger partial charge in [-0.2, -0.15) is 13.2 Å². The topological polar surface area (TPSA) is 29.1 Å². The first-order chi connectivity index (χ1) is 13.1. The van der Waals surface area contributed by atoms with Crippen LogP contribution in [0.15, 0.2) is 30.3 Å². The fourth-order valence-electron chi connectivity index (χ4n) is 2.38. The van der Waals surface area contributed by atoms with E-state index in [4.69, 9.17) is 34.8 Å². The number of anilines is 1. The van der Waals surface area contributed by atoms with Crippen LogP contribution in [-0.4, -0.2) is 18.0 Å². The Kier molecular flexibility index (Phi) is 6.99. The van der Waals surface area contributed by atoms with E-state index in [1.54, 1.807) is 0 Å². The Morgan fingerprint density at radius 2 is 1.45 bits per heavy atom. The van der Waals surface area contributed by atoms with Crippen molar-refractivity contribution in [2.75, 3.05) is 5.32 Å². The molecule has 0 saturated carbocycles. The molecule has 1 N–H and O–H groups in total. The maximum Gasteiger partial charge on any atom is 0.432 e. The smallest absolute Gasteiger partial charge is 0.319 e. The van der Waals surface area contributed by atoms with Gasteiger partial charge < -0.3 is 5.32 Å². The van der Waals surface area contributed by atoms with Gasteiger partial charge in [-0.15, -0.1) is 0 Å². The molecule has 12 heteroatoms. The number of amides is 1. The summed E-state index contributed by atoms with van der Waals surface area (Å²) < 4.78 is 81.7. The molecule has 0 radical (unpaired) electrons. The molecule has 1 amide bonds. The van der Waals surface area contributed by atoms with Crippen LogP contribution in [0.5, 0.6) is 0 Å². The maximum absolute atomic E-state index is 14.5. The van der Waals surface area contributed by atoms with E-state index in [0.717, 1.165) is 0 Å². The highest BCUT2D eigenvalue weighted by molar-refractivity contribution is 14.1. The van der Waals surface area contributed by atoms with E-state index >= 15 is 0 Å². The first-order valence-electron chi connectivity index (χ1n) is 7.49. The van der Waals surface area contributed by atoms with Crippen molar-refractivity contribution in [2.45, 2.75) is 24.7 Å². The molecule has 2 rings (SSSR count). The van der Waals surface area contributed by atoms with Crippen molar-refractivity contribution in [2.24, 2.45) is 0 Å². The minimum absolute atomic E-state index is 0.0712. The molecule has 0 spiro atoms. The third-order valence-electron chi connectivity index (χ3n) is 3.86. The van der Waals surface area contributed by atoms with E-state index in [9.17, 15) is 31.1 Å². The molecular weight excluding hydrogens is 581 g/mol. The monoisotopic (exact) mass is 589 g/mol. The summed E-state index contributed by atoms with van der Waals surface area (Å²) >= 11 is 19.5. The van der Waals surface area contributed by atoms with E-state index in [0.29, 0.717) is 15.7 Å². The van der Waals surface area contributed by atoms with Crippen LogP contribution in [0, 0.1) is 3.57 Å². The first-order valence-corrected chi connectivity index (χ1v) is 9.70. The molecule has 29 heavy (non-hydrogen) atoms. The van der Waals surface area contributed by atoms with E-state index in [1.165, 1.54) is 18.2 Å². The Bertz CT molecular complexity index is 924. The van der Waals surface area contributed by atoms with Gasteiger partial charge in [-0.1, -0.05) is 34.8 Å². The zero-order valence-corrected chi connectivity index (χ0v) is 18.5. The largest absolute Gasteiger partial charge is 0.432 e. The van der Waals surface area contributed by atoms with Crippen LogP contribution in [0.2, 0.25) is 15.1 Å². The fraction of sp³-hybridized carbons (Fsp3) is 0.235. The molecule has 0 aliphatic carbocycles. The van der Waals surface area contributed by atoms with Gasteiger partial charge in [-0.05, 0) is 52.9 Å². The molecule has 0 aromatic heterocycles. The van der Waals surface area contributed by atoms with Crippen LogP contribution in [0.25, 0.3) is 0 Å². The molecule has 0 aliphatic heterocycles. The van der Waals surface area contributed by atoms with E-state index in [-0.39, 0.29) is 23.2 Å². The summed E-state index contributed by atoms with van der Waals surface area (Å²) in [4.78, 5) is 12.3. The van der Waals surface area contributed by atoms with Crippen molar-refractivity contribution >= 4 is 69.0 Å². The zero-order valence-electron chi connectivity index (χ0n) is 14.1. The molecular formula is C17H9Cl3F6INO. The number of carbonyl (C=O) groups is 1. The molecule has 1 unspecified atom stereocenters. The van der Waals surface area contributed by atoms with E-state index in [2.05, 4.69) is 5.32 Å². The van der Waals surface area contributed by atoms with Gasteiger partial charge in [0.2, 0.25) is 0 Å². The van der Waals surface area contributed by atoms with Gasteiger partial charge in [0.05, 0.1) is 20.8 Å². The lowest BCUT2D eigenvalue weighted by Crippen LogP contribution is -2.51. The molecule has 2 aromatic rings. The third kappa shape index (κ3) is 4.72. The quantitative estimate of drug-likeness (QED) is 0.285. The number of nitrogens with one attached hydrogen (secondary N) is 1. The van der Waals surface area contributed by atoms with Crippen molar-refractivity contribution in [3.05, 3.63) is 60.1 Å². The predicted molar refractivity (Wildman–Crippen MR) is 108 cm³/mol. The van der Waals surface area contributed by atoms with E-state index in [1.807, 2.05) is 22.6 Å². The minimum Gasteiger partial charge on any atom is -0.319 e. The minimum atomic E-state index is -5.96. The second kappa shape index (κ2) is 8.32. The molecule has 2 aromatic carbocycles. The molecule has 0 aliphatic rings. The van der Waals surface area contributed by atoms with Crippen LogP contribution >= 0.6 is 57.4 Å². The van der Waals surface area contributed by atoms with Crippen molar-refractivity contribution in [3.8, 4) is 0 Å². The van der Waals surface area contributed by atoms with Crippen molar-refractivity contribution in [1.29, 1.82) is 0 Å². The van der Waals surface area contributed by atoms with Crippen LogP contribution in [0.1, 0.15) is 22.8 Å². The number of alkyl halides is 6. The molecule has 0 heterocycles. The first kappa shape index (κ1) is 24.4. The molecule has 2 nitrogen and oxygen atoms in total. The van der Waals surface area contributed by atoms with Crippen molar-refractivity contribution < 1.29 is 31.1 Å². The maximum atomic E-state index is 14.5. The molecule has 158 valence electrons. The van der Waals surface area contributed by atoms with Crippen LogP contribution in [0.3, 0.4) is 0 Å². The SMILES string of the molecule is CC(F)(F)C(F)(c1cc(Cl)c(NC(=O)c2ccc(I)c(Cl)c2)c(Cl)c1)C(F)(F)F. The normalized spacial score (nSPS) is 14.4. The number of halogens is 10. The summed E-state index contributed by atoms with van der Waals surface area (Å²) in [6.07, 6.45) is -5.96. The lowest BCUT2D eigenvalue weighted by atomic mass is 9.89. The van der Waals surface area contributed by atoms with Gasteiger partial charge >= 0.3 is 6.18 Å². The summed E-state index contributed by atoms with van der Waals surface area (Å²) in [6, 6.07) is 4.95. The summed E-state index contributed by atoms with van der Waals surface area (Å²) in [5.41, 5.74) is -6.84. The number of carbonyl (C=O) groups excluding carboxylic acids is 1. The van der Waals surface area contributed by atoms with Gasteiger partial charge in [0, 0.05) is 21.6 Å². The summed E-state index contributed by atoms with van der Waals surface area (Å²) in [6.45, 7) is -0.210. The lowest BCUT2D eigenvalue weighted by Gasteiger charge is -2.33. The Morgan fingerprint density at radius 1 is 0.931 bits per heavy atom. The second-order valence-corrected chi connectivity index (χ2v) is 8.33. The Labute approximate surface area is 189 Å². The van der Waals surface area contributed by atoms with Gasteiger partial charge in [0.15, 0.2) is 0 Å². The molecule has 1 atom stereocenters. The molecule has 0 bridgehead atoms. The molecule has 0 fully saturated rings. The highest BCUT2D eigenvalue weighted by Gasteiger charge is 2.70. The average Bonchev–Trinajstić information content (AvgIpc) is 2.57. The predicted octanol–water partition coefficient (Wildman–Crippen LogP) is 7.89. The Hall–Kier alpha value is -0.910. The lowest BCUT2D eigenvalue weighted by molar-refractivity contribution is -0.304. The summed E-state index contributed by atoms with van der Waals surface area (Å²) in [5.74, 6) is -5.61. The van der Waals surface area contributed by atoms with Gasteiger partial charge in [-0.3, -0.25) is 4.79 Å². The standard InChI is InChI=1S/C17H9Cl3F6INO/c1-15(21,22)16(23,17(24,25)26)8-5-10(19)13(11(20)6-8)28-14(29)7-2-3-12(27)9(18)4-7/h2-6H,1H3,(H,28,29). The number of hydrogen-bond acceptors (Lipinski definition) is 1. The number of rotatable bonds is 4. The van der Waals surface area contributed by atoms with Crippen LogP contribution < -0.4 is 5.32 Å². The number of benzene rings is 2. The summed E-state index contributed by atoms with van der Waals surface area (Å²) in [5, 5.41) is 1.19. The van der Waals surface area contributed by atoms with Crippen molar-refractivity contribution in [1.82, 2.24) is 0 Å². The van der Waals surface area contributed by atoms with Crippen LogP contribution in [0.4, 0.5) is 32.0 Å². The zero-order chi connectivity index (χ0) is 22.4. The highest BCUT2D eigenvalue weighted by Crippen LogP contribution is 2.53. The highest BCUT2D eigenvalue weighted by atomic mass is 127. The van der Waals surface area contributed by atoms with Gasteiger partial charge in [0.25, 0.3) is 17.5 Å². The van der Waals surface area contributed by atoms with Gasteiger partial charge in [-0.25, -0.2) is 13.2 Å². The van der Waals surface area contributed by atoms with Crippen molar-refractivity contribution in [3.63, 3.8) is 0 Å². The van der Waals surface area contributed by atoms with Crippen LogP contribution in [-0.2, 0) is 5.67 Å². The molecule has 0 saturated heterocycles. The summed E-state index contributed by atoms with van der Waals surface area (Å²) in [7, 11) is 0. The number of hydrogen-bond donors (Lipinski definition) is 1. The second-order valence-electron chi connectivity index (χ2n) is 5.94. The third-order valence-corrected chi connectivity index (χ3v) is 6.02. The Balaban J connectivity index is 2.48. The fourth-order valence-corrected chi connectivity index (χ4v) is 3.48. The average molecular weight is 591 g/mol. The van der Waals surface area contributed by atoms with Gasteiger partial charge in [0.1, 0.15) is 0 Å². The Morgan fingerprint density at radius 3 is 1.86 bits per heavy atom.